The maximum absolute atomic E-state index is 11.8. The molecule has 5 fully saturated rings. The number of allylic oxidation sites excluding steroid dienone is 1. The van der Waals surface area contributed by atoms with E-state index in [-0.39, 0.29) is 29.6 Å². The lowest BCUT2D eigenvalue weighted by Crippen LogP contribution is -2.69. The molecule has 2 heterocycles. The monoisotopic (exact) mass is 429 g/mol. The van der Waals surface area contributed by atoms with E-state index in [0.29, 0.717) is 35.5 Å². The molecule has 31 heavy (non-hydrogen) atoms. The van der Waals surface area contributed by atoms with E-state index < -0.39 is 5.60 Å². The molecule has 6 rings (SSSR count). The second-order valence-corrected chi connectivity index (χ2v) is 13.0. The molecular formula is C27H43NO3. The highest BCUT2D eigenvalue weighted by atomic mass is 16.3. The Bertz CT molecular complexity index is 764. The van der Waals surface area contributed by atoms with Crippen LogP contribution in [0.3, 0.4) is 0 Å². The zero-order chi connectivity index (χ0) is 21.7. The van der Waals surface area contributed by atoms with E-state index in [1.165, 1.54) is 18.4 Å². The molecule has 3 N–H and O–H groups in total. The first-order valence-electron chi connectivity index (χ1n) is 13.2. The zero-order valence-electron chi connectivity index (χ0n) is 19.7. The lowest BCUT2D eigenvalue weighted by atomic mass is 9.55. The van der Waals surface area contributed by atoms with Gasteiger partial charge in [-0.1, -0.05) is 25.5 Å². The van der Waals surface area contributed by atoms with Crippen LogP contribution in [0, 0.1) is 46.8 Å². The van der Waals surface area contributed by atoms with Crippen molar-refractivity contribution in [1.82, 2.24) is 4.90 Å². The van der Waals surface area contributed by atoms with Gasteiger partial charge in [-0.3, -0.25) is 4.90 Å². The minimum absolute atomic E-state index is 0.0250. The Balaban J connectivity index is 1.32. The minimum Gasteiger partial charge on any atom is -0.393 e. The van der Waals surface area contributed by atoms with Crippen LogP contribution in [0.5, 0.6) is 0 Å². The smallest absolute Gasteiger partial charge is 0.0830 e. The number of rotatable bonds is 0. The molecule has 12 atom stereocenters. The van der Waals surface area contributed by atoms with E-state index >= 15 is 0 Å². The SMILES string of the molecule is C[C@@H]1CC[C@@H]2N(C1)C[C@H]1[C@@H]3C[C@H]4[C@@H](CC=C5C[C@@H](O)CC[C@@]54C)[C@@H]3C[C@H](O)[C@@H]1[C@]2(C)O. The van der Waals surface area contributed by atoms with E-state index in [4.69, 9.17) is 0 Å². The molecule has 0 amide bonds. The van der Waals surface area contributed by atoms with E-state index in [1.54, 1.807) is 0 Å². The maximum Gasteiger partial charge on any atom is 0.0830 e. The van der Waals surface area contributed by atoms with Crippen LogP contribution >= 0.6 is 0 Å². The Morgan fingerprint density at radius 1 is 0.968 bits per heavy atom. The Morgan fingerprint density at radius 2 is 1.74 bits per heavy atom. The van der Waals surface area contributed by atoms with Gasteiger partial charge < -0.3 is 15.3 Å². The number of aliphatic hydroxyl groups is 3. The van der Waals surface area contributed by atoms with Crippen LogP contribution in [0.1, 0.15) is 72.1 Å². The predicted molar refractivity (Wildman–Crippen MR) is 121 cm³/mol. The van der Waals surface area contributed by atoms with Gasteiger partial charge in [0, 0.05) is 25.0 Å². The fraction of sp³-hybridized carbons (Fsp3) is 0.926. The van der Waals surface area contributed by atoms with Crippen LogP contribution in [0.4, 0.5) is 0 Å². The molecule has 0 aromatic rings. The fourth-order valence-electron chi connectivity index (χ4n) is 10.1. The molecule has 2 saturated heterocycles. The molecule has 3 saturated carbocycles. The van der Waals surface area contributed by atoms with Crippen molar-refractivity contribution in [1.29, 1.82) is 0 Å². The van der Waals surface area contributed by atoms with Gasteiger partial charge in [0.2, 0.25) is 0 Å². The number of piperidine rings is 2. The number of nitrogens with zero attached hydrogens (tertiary/aromatic N) is 1. The van der Waals surface area contributed by atoms with E-state index in [2.05, 4.69) is 24.8 Å². The van der Waals surface area contributed by atoms with E-state index in [0.717, 1.165) is 51.6 Å². The summed E-state index contributed by atoms with van der Waals surface area (Å²) in [7, 11) is 0. The standard InChI is InChI=1S/C27H43NO3/c1-15-4-7-24-27(3,31)25-21(14-28(24)13-15)19-11-22-18(20(19)12-23(25)30)6-5-16-10-17(29)8-9-26(16,22)2/h5,15,17-25,29-31H,4,6-14H2,1-3H3/t15-,17+,18+,19-,20+,21+,22+,23+,24+,25-,26+,27-/m1/s1. The van der Waals surface area contributed by atoms with Crippen molar-refractivity contribution in [3.05, 3.63) is 11.6 Å². The summed E-state index contributed by atoms with van der Waals surface area (Å²) in [4.78, 5) is 2.61. The van der Waals surface area contributed by atoms with Gasteiger partial charge in [0.1, 0.15) is 0 Å². The van der Waals surface area contributed by atoms with E-state index in [9.17, 15) is 15.3 Å². The maximum atomic E-state index is 11.8. The summed E-state index contributed by atoms with van der Waals surface area (Å²) in [6, 6.07) is 0.213. The van der Waals surface area contributed by atoms with Crippen molar-refractivity contribution in [2.75, 3.05) is 13.1 Å². The Kier molecular flexibility index (Phi) is 4.80. The van der Waals surface area contributed by atoms with Crippen molar-refractivity contribution in [2.24, 2.45) is 46.8 Å². The van der Waals surface area contributed by atoms with Gasteiger partial charge >= 0.3 is 0 Å². The lowest BCUT2D eigenvalue weighted by Gasteiger charge is -2.61. The highest BCUT2D eigenvalue weighted by Gasteiger charge is 2.64. The van der Waals surface area contributed by atoms with Crippen LogP contribution in [0.2, 0.25) is 0 Å². The summed E-state index contributed by atoms with van der Waals surface area (Å²) < 4.78 is 0. The van der Waals surface area contributed by atoms with Crippen molar-refractivity contribution < 1.29 is 15.3 Å². The largest absolute Gasteiger partial charge is 0.393 e. The quantitative estimate of drug-likeness (QED) is 0.515. The van der Waals surface area contributed by atoms with Gasteiger partial charge in [-0.15, -0.1) is 0 Å². The van der Waals surface area contributed by atoms with Crippen LogP contribution in [-0.2, 0) is 0 Å². The summed E-state index contributed by atoms with van der Waals surface area (Å²) in [5.41, 5.74) is 0.965. The first-order chi connectivity index (χ1) is 14.7. The second kappa shape index (κ2) is 7.04. The third-order valence-corrected chi connectivity index (χ3v) is 11.4. The molecule has 0 bridgehead atoms. The van der Waals surface area contributed by atoms with Crippen LogP contribution in [0.25, 0.3) is 0 Å². The Morgan fingerprint density at radius 3 is 2.55 bits per heavy atom. The summed E-state index contributed by atoms with van der Waals surface area (Å²) >= 11 is 0. The normalized spacial score (nSPS) is 59.0. The van der Waals surface area contributed by atoms with Gasteiger partial charge in [0.15, 0.2) is 0 Å². The fourth-order valence-corrected chi connectivity index (χ4v) is 10.1. The van der Waals surface area contributed by atoms with Gasteiger partial charge in [0.05, 0.1) is 17.8 Å². The number of fused-ring (bicyclic) bond motifs is 8. The van der Waals surface area contributed by atoms with Crippen LogP contribution in [0.15, 0.2) is 11.6 Å². The second-order valence-electron chi connectivity index (χ2n) is 13.0. The molecule has 0 radical (unpaired) electrons. The molecule has 0 aromatic carbocycles. The number of hydrogen-bond acceptors (Lipinski definition) is 4. The van der Waals surface area contributed by atoms with Gasteiger partial charge in [-0.2, -0.15) is 0 Å². The topological polar surface area (TPSA) is 63.9 Å². The van der Waals surface area contributed by atoms with E-state index in [1.807, 2.05) is 6.92 Å². The summed E-state index contributed by atoms with van der Waals surface area (Å²) in [5.74, 6) is 3.73. The van der Waals surface area contributed by atoms with Gasteiger partial charge in [0.25, 0.3) is 0 Å². The molecule has 2 aliphatic heterocycles. The molecule has 0 aromatic heterocycles. The highest BCUT2D eigenvalue weighted by Crippen LogP contribution is 2.66. The summed E-state index contributed by atoms with van der Waals surface area (Å²) in [6.45, 7) is 9.05. The third-order valence-electron chi connectivity index (χ3n) is 11.4. The molecular weight excluding hydrogens is 386 g/mol. The van der Waals surface area contributed by atoms with Crippen molar-refractivity contribution in [3.63, 3.8) is 0 Å². The van der Waals surface area contributed by atoms with Crippen molar-refractivity contribution in [2.45, 2.75) is 96.0 Å². The number of aliphatic hydroxyl groups excluding tert-OH is 2. The first kappa shape index (κ1) is 21.1. The molecule has 4 heteroatoms. The summed E-state index contributed by atoms with van der Waals surface area (Å²) in [6.07, 6.45) is 10.4. The Hall–Kier alpha value is -0.420. The zero-order valence-corrected chi connectivity index (χ0v) is 19.7. The van der Waals surface area contributed by atoms with Crippen molar-refractivity contribution >= 4 is 0 Å². The van der Waals surface area contributed by atoms with Crippen molar-refractivity contribution in [3.8, 4) is 0 Å². The van der Waals surface area contributed by atoms with Gasteiger partial charge in [-0.05, 0) is 99.2 Å². The van der Waals surface area contributed by atoms with Gasteiger partial charge in [-0.25, -0.2) is 0 Å². The molecule has 4 aliphatic carbocycles. The predicted octanol–water partition coefficient (Wildman–Crippen LogP) is 3.60. The molecule has 0 unspecified atom stereocenters. The van der Waals surface area contributed by atoms with Crippen LogP contribution in [-0.4, -0.2) is 57.2 Å². The highest BCUT2D eigenvalue weighted by molar-refractivity contribution is 5.26. The third kappa shape index (κ3) is 2.93. The molecule has 4 nitrogen and oxygen atoms in total. The average Bonchev–Trinajstić information content (AvgIpc) is 3.08. The molecule has 6 aliphatic rings. The minimum atomic E-state index is -0.788. The van der Waals surface area contributed by atoms with Crippen LogP contribution < -0.4 is 0 Å². The Labute approximate surface area is 188 Å². The molecule has 0 spiro atoms. The average molecular weight is 430 g/mol. The number of hydrogen-bond donors (Lipinski definition) is 3. The first-order valence-corrected chi connectivity index (χ1v) is 13.2. The summed E-state index contributed by atoms with van der Waals surface area (Å²) in [5, 5.41) is 33.5. The lowest BCUT2D eigenvalue weighted by molar-refractivity contribution is -0.208. The molecule has 174 valence electrons.